The number of carbonyl (C=O) groups excluding carboxylic acids is 7. The Balaban J connectivity index is 5.30. The fourth-order valence-corrected chi connectivity index (χ4v) is 10.4. The highest BCUT2D eigenvalue weighted by atomic mass is 31.2. The minimum absolute atomic E-state index is 0.126. The second kappa shape index (κ2) is 54.8. The average Bonchev–Trinajstić information content (AvgIpc) is 3.70. The van der Waals surface area contributed by atoms with Gasteiger partial charge in [-0.1, -0.05) is 143 Å². The molecular weight excluding hydrogens is 1160 g/mol. The number of unbranched alkanes of at least 4 members (excludes halogenated alkanes) is 16. The minimum Gasteiger partial charge on any atom is -0.462 e. The number of rotatable bonds is 60. The van der Waals surface area contributed by atoms with Crippen LogP contribution in [0.4, 0.5) is 4.79 Å². The van der Waals surface area contributed by atoms with Gasteiger partial charge >= 0.3 is 33.6 Å². The number of carbonyl (C=O) groups is 7. The van der Waals surface area contributed by atoms with Crippen LogP contribution in [-0.2, 0) is 84.0 Å². The summed E-state index contributed by atoms with van der Waals surface area (Å²) in [5, 5.41) is 15.2. The summed E-state index contributed by atoms with van der Waals surface area (Å²) in [4.78, 5) is 86.2. The van der Waals surface area contributed by atoms with Crippen molar-refractivity contribution < 1.29 is 88.8 Å². The predicted octanol–water partition coefficient (Wildman–Crippen LogP) is 9.51. The fraction of sp³-hybridized carbons (Fsp3) is 0.814. The Hall–Kier alpha value is -4.29. The molecule has 6 unspecified atom stereocenters. The molecule has 500 valence electrons. The summed E-state index contributed by atoms with van der Waals surface area (Å²) < 4.78 is 83.4. The fourth-order valence-electron chi connectivity index (χ4n) is 8.03. The van der Waals surface area contributed by atoms with Gasteiger partial charge < -0.3 is 50.8 Å². The first kappa shape index (κ1) is 81.7. The van der Waals surface area contributed by atoms with Crippen LogP contribution in [0.3, 0.4) is 0 Å². The first-order valence-corrected chi connectivity index (χ1v) is 34.2. The number of ether oxygens (including phenoxy) is 4. The summed E-state index contributed by atoms with van der Waals surface area (Å²) in [6, 6.07) is -2.54. The Kier molecular flexibility index (Phi) is 52.1. The number of urea groups is 1. The van der Waals surface area contributed by atoms with Gasteiger partial charge in [-0.2, -0.15) is 0 Å². The molecule has 0 aliphatic rings. The van der Waals surface area contributed by atoms with Crippen LogP contribution in [0.25, 0.3) is 0 Å². The Bertz CT molecular complexity index is 1830. The predicted molar refractivity (Wildman–Crippen MR) is 329 cm³/mol. The van der Waals surface area contributed by atoms with Crippen LogP contribution >= 0.6 is 15.6 Å². The number of hydrogen-bond acceptors (Lipinski definition) is 19. The summed E-state index contributed by atoms with van der Waals surface area (Å²) in [5.41, 5.74) is 0. The molecule has 6 N–H and O–H groups in total. The Morgan fingerprint density at radius 3 is 1.12 bits per heavy atom. The van der Waals surface area contributed by atoms with Crippen LogP contribution in [0.15, 0.2) is 25.3 Å². The second-order valence-corrected chi connectivity index (χ2v) is 24.1. The zero-order valence-electron chi connectivity index (χ0n) is 52.9. The van der Waals surface area contributed by atoms with Gasteiger partial charge in [0.15, 0.2) is 0 Å². The van der Waals surface area contributed by atoms with E-state index in [1.54, 1.807) is 0 Å². The van der Waals surface area contributed by atoms with Crippen molar-refractivity contribution in [1.29, 1.82) is 0 Å². The molecule has 25 nitrogen and oxygen atoms in total. The van der Waals surface area contributed by atoms with Crippen LogP contribution < -0.4 is 31.9 Å². The Morgan fingerprint density at radius 1 is 0.442 bits per heavy atom. The molecule has 0 aromatic heterocycles. The van der Waals surface area contributed by atoms with Gasteiger partial charge in [0.2, 0.25) is 23.6 Å². The summed E-state index contributed by atoms with van der Waals surface area (Å²) in [6.45, 7) is 14.7. The summed E-state index contributed by atoms with van der Waals surface area (Å²) in [6.07, 6.45) is 24.9. The van der Waals surface area contributed by atoms with Crippen LogP contribution in [0.5, 0.6) is 0 Å². The maximum absolute atomic E-state index is 13.7. The molecule has 27 heteroatoms. The number of phosphoric acid groups is 2. The van der Waals surface area contributed by atoms with E-state index >= 15 is 0 Å². The molecule has 0 rings (SSSR count). The maximum Gasteiger partial charge on any atom is 0.475 e. The van der Waals surface area contributed by atoms with Crippen molar-refractivity contribution in [3.63, 3.8) is 0 Å². The van der Waals surface area contributed by atoms with E-state index in [1.165, 1.54) is 103 Å². The Morgan fingerprint density at radius 2 is 0.791 bits per heavy atom. The van der Waals surface area contributed by atoms with Gasteiger partial charge in [-0.05, 0) is 25.7 Å². The van der Waals surface area contributed by atoms with E-state index < -0.39 is 70.6 Å². The van der Waals surface area contributed by atoms with Crippen LogP contribution in [0.1, 0.15) is 196 Å². The summed E-state index contributed by atoms with van der Waals surface area (Å²) >= 11 is 0. The van der Waals surface area contributed by atoms with E-state index in [-0.39, 0.29) is 103 Å². The quantitative estimate of drug-likeness (QED) is 0.0143. The van der Waals surface area contributed by atoms with E-state index in [4.69, 9.17) is 46.1 Å². The van der Waals surface area contributed by atoms with E-state index in [0.29, 0.717) is 38.5 Å². The maximum atomic E-state index is 13.7. The molecule has 0 saturated heterocycles. The lowest BCUT2D eigenvalue weighted by Gasteiger charge is -2.23. The van der Waals surface area contributed by atoms with Gasteiger partial charge in [0, 0.05) is 52.6 Å². The number of esters is 2. The average molecular weight is 1270 g/mol. The molecule has 0 radical (unpaired) electrons. The van der Waals surface area contributed by atoms with Crippen molar-refractivity contribution in [2.45, 2.75) is 220 Å². The Labute approximate surface area is 513 Å². The SMILES string of the molecule is C=CCOP(=O)(OCCNC(=O)NCCOP(=O)(OCC=C)OCC(COCCC(CC)OC(=O)CCCCCCCCCCC)NC(=O)CNC(C)=O)OCC(COCCC(CC)OC(=O)CCCCCCCCCCC)NC(=O)CNC(C)=O. The van der Waals surface area contributed by atoms with Crippen molar-refractivity contribution in [2.24, 2.45) is 0 Å². The third kappa shape index (κ3) is 49.7. The van der Waals surface area contributed by atoms with Crippen molar-refractivity contribution in [3.05, 3.63) is 25.3 Å². The van der Waals surface area contributed by atoms with Gasteiger partial charge in [-0.3, -0.25) is 55.9 Å². The molecule has 0 fully saturated rings. The lowest BCUT2D eigenvalue weighted by atomic mass is 10.1. The molecule has 0 heterocycles. The zero-order chi connectivity index (χ0) is 63.9. The van der Waals surface area contributed by atoms with E-state index in [0.717, 1.165) is 38.5 Å². The third-order valence-corrected chi connectivity index (χ3v) is 15.7. The molecule has 86 heavy (non-hydrogen) atoms. The first-order chi connectivity index (χ1) is 41.4. The van der Waals surface area contributed by atoms with Gasteiger partial charge in [-0.15, -0.1) is 13.2 Å². The van der Waals surface area contributed by atoms with E-state index in [1.807, 2.05) is 13.8 Å². The van der Waals surface area contributed by atoms with Gasteiger partial charge in [0.25, 0.3) is 0 Å². The van der Waals surface area contributed by atoms with Crippen molar-refractivity contribution in [1.82, 2.24) is 31.9 Å². The molecular formula is C59H110N6O19P2. The van der Waals surface area contributed by atoms with Crippen LogP contribution in [0, 0.1) is 0 Å². The van der Waals surface area contributed by atoms with E-state index in [2.05, 4.69) is 58.9 Å². The molecule has 0 aromatic carbocycles. The number of amides is 6. The highest BCUT2D eigenvalue weighted by Crippen LogP contribution is 2.50. The minimum atomic E-state index is -4.36. The molecule has 6 amide bonds. The first-order valence-electron chi connectivity index (χ1n) is 31.3. The monoisotopic (exact) mass is 1270 g/mol. The third-order valence-electron chi connectivity index (χ3n) is 12.9. The lowest BCUT2D eigenvalue weighted by molar-refractivity contribution is -0.151. The largest absolute Gasteiger partial charge is 0.475 e. The smallest absolute Gasteiger partial charge is 0.462 e. The second-order valence-electron chi connectivity index (χ2n) is 20.8. The highest BCUT2D eigenvalue weighted by molar-refractivity contribution is 7.48. The molecule has 0 spiro atoms. The summed E-state index contributed by atoms with van der Waals surface area (Å²) in [7, 11) is -8.72. The molecule has 6 atom stereocenters. The zero-order valence-corrected chi connectivity index (χ0v) is 54.7. The standard InChI is InChI=1S/C59H110N6O19P2/c1-9-15-17-19-21-23-25-27-29-31-57(70)83-53(13-5)33-39-75-45-51(64-55(68)43-62-49(7)66)47-81-85(73,77-37-11-3)79-41-35-60-59(72)61-36-42-80-86(74,78-38-12-4)82-48-52(65-56(69)44-63-50(8)67)46-76-40-34-54(14-6)84-58(71)32-30-28-26-24-22-20-18-16-10-2/h11-12,51-54H,3-4,9-10,13-48H2,1-2,5-8H3,(H,62,66)(H,63,67)(H,64,68)(H,65,69)(H2,60,61,72). The molecule has 0 aliphatic carbocycles. The normalized spacial score (nSPS) is 14.0. The van der Waals surface area contributed by atoms with Crippen molar-refractivity contribution >= 4 is 57.2 Å². The van der Waals surface area contributed by atoms with Crippen molar-refractivity contribution in [2.75, 3.05) is 92.2 Å². The van der Waals surface area contributed by atoms with Gasteiger partial charge in [0.05, 0.1) is 91.2 Å². The topological polar surface area (TPSA) is 318 Å². The highest BCUT2D eigenvalue weighted by Gasteiger charge is 2.31. The molecule has 0 bridgehead atoms. The number of hydrogen-bond donors (Lipinski definition) is 6. The number of phosphoric ester groups is 2. The molecule has 0 aliphatic heterocycles. The van der Waals surface area contributed by atoms with Crippen molar-refractivity contribution in [3.8, 4) is 0 Å². The van der Waals surface area contributed by atoms with Gasteiger partial charge in [-0.25, -0.2) is 13.9 Å². The van der Waals surface area contributed by atoms with Crippen LogP contribution in [-0.4, -0.2) is 158 Å². The number of nitrogens with one attached hydrogen (secondary N) is 6. The molecule has 0 saturated carbocycles. The van der Waals surface area contributed by atoms with E-state index in [9.17, 15) is 42.7 Å². The summed E-state index contributed by atoms with van der Waals surface area (Å²) in [5.74, 6) is -2.54. The lowest BCUT2D eigenvalue weighted by Crippen LogP contribution is -2.45. The van der Waals surface area contributed by atoms with Gasteiger partial charge in [0.1, 0.15) is 12.2 Å². The van der Waals surface area contributed by atoms with Crippen LogP contribution in [0.2, 0.25) is 0 Å². The molecule has 0 aromatic rings.